The van der Waals surface area contributed by atoms with Gasteiger partial charge in [0.05, 0.1) is 18.0 Å². The summed E-state index contributed by atoms with van der Waals surface area (Å²) >= 11 is 4.59. The Balaban J connectivity index is 2.87. The molecule has 0 radical (unpaired) electrons. The first kappa shape index (κ1) is 15.3. The first-order valence-corrected chi connectivity index (χ1v) is 6.52. The van der Waals surface area contributed by atoms with Crippen molar-refractivity contribution >= 4 is 29.0 Å². The predicted octanol–water partition coefficient (Wildman–Crippen LogP) is 3.32. The van der Waals surface area contributed by atoms with Crippen LogP contribution in [0, 0.1) is 0 Å². The Morgan fingerprint density at radius 3 is 2.89 bits per heavy atom. The summed E-state index contributed by atoms with van der Waals surface area (Å²) in [5.74, 6) is 0.282. The number of esters is 1. The molecule has 0 amide bonds. The number of nitrogens with zero attached hydrogens (tertiary/aromatic N) is 1. The Morgan fingerprint density at radius 1 is 1.47 bits per heavy atom. The van der Waals surface area contributed by atoms with E-state index in [4.69, 9.17) is 4.74 Å². The van der Waals surface area contributed by atoms with Crippen LogP contribution in [0.4, 0.5) is 5.69 Å². The zero-order valence-corrected chi connectivity index (χ0v) is 12.0. The second kappa shape index (κ2) is 8.40. The van der Waals surface area contributed by atoms with Crippen LogP contribution in [0.1, 0.15) is 25.3 Å². The van der Waals surface area contributed by atoms with Crippen LogP contribution in [0.2, 0.25) is 0 Å². The molecular weight excluding hydrogens is 262 g/mol. The van der Waals surface area contributed by atoms with Crippen molar-refractivity contribution in [3.8, 4) is 5.75 Å². The third kappa shape index (κ3) is 5.20. The molecule has 0 bridgehead atoms. The number of rotatable bonds is 7. The number of thiocarbonyl (C=S) groups is 1. The van der Waals surface area contributed by atoms with Crippen LogP contribution < -0.4 is 4.74 Å². The van der Waals surface area contributed by atoms with Crippen LogP contribution >= 0.6 is 12.2 Å². The van der Waals surface area contributed by atoms with Gasteiger partial charge >= 0.3 is 5.97 Å². The molecule has 0 aliphatic heterocycles. The van der Waals surface area contributed by atoms with E-state index in [1.807, 2.05) is 6.07 Å². The zero-order chi connectivity index (χ0) is 14.1. The van der Waals surface area contributed by atoms with Gasteiger partial charge in [-0.1, -0.05) is 13.3 Å². The van der Waals surface area contributed by atoms with Crippen LogP contribution in [-0.2, 0) is 16.0 Å². The topological polar surface area (TPSA) is 47.9 Å². The molecule has 19 heavy (non-hydrogen) atoms. The van der Waals surface area contributed by atoms with Crippen molar-refractivity contribution in [2.75, 3.05) is 13.7 Å². The number of aliphatic imine (C=N–C) groups is 1. The highest BCUT2D eigenvalue weighted by atomic mass is 32.1. The average molecular weight is 279 g/mol. The van der Waals surface area contributed by atoms with Gasteiger partial charge in [-0.05, 0) is 48.8 Å². The van der Waals surface area contributed by atoms with Gasteiger partial charge in [0.2, 0.25) is 0 Å². The fraction of sp³-hybridized carbons (Fsp3) is 0.429. The molecule has 5 heteroatoms. The molecule has 0 unspecified atom stereocenters. The summed E-state index contributed by atoms with van der Waals surface area (Å²) in [6, 6.07) is 5.47. The Bertz CT molecular complexity index is 482. The lowest BCUT2D eigenvalue weighted by Crippen LogP contribution is -2.13. The fourth-order valence-electron chi connectivity index (χ4n) is 1.59. The number of carbonyl (C=O) groups excluding carboxylic acids is 1. The van der Waals surface area contributed by atoms with E-state index in [1.165, 1.54) is 7.11 Å². The Morgan fingerprint density at radius 2 is 2.26 bits per heavy atom. The molecule has 4 nitrogen and oxygen atoms in total. The number of carbonyl (C=O) groups is 1. The number of hydrogen-bond acceptors (Lipinski definition) is 5. The highest BCUT2D eigenvalue weighted by Crippen LogP contribution is 2.26. The van der Waals surface area contributed by atoms with Gasteiger partial charge in [-0.25, -0.2) is 4.79 Å². The quantitative estimate of drug-likeness (QED) is 0.436. The molecule has 0 heterocycles. The van der Waals surface area contributed by atoms with Crippen LogP contribution in [0.5, 0.6) is 5.75 Å². The van der Waals surface area contributed by atoms with Gasteiger partial charge in [-0.15, -0.1) is 0 Å². The lowest BCUT2D eigenvalue weighted by molar-refractivity contribution is -0.142. The molecule has 1 aromatic rings. The summed E-state index contributed by atoms with van der Waals surface area (Å²) < 4.78 is 10.0. The molecule has 0 fully saturated rings. The number of methoxy groups -OCH3 is 1. The van der Waals surface area contributed by atoms with Crippen molar-refractivity contribution in [2.24, 2.45) is 4.99 Å². The van der Waals surface area contributed by atoms with Crippen LogP contribution in [-0.4, -0.2) is 24.8 Å². The van der Waals surface area contributed by atoms with Gasteiger partial charge in [-0.2, -0.15) is 4.99 Å². The summed E-state index contributed by atoms with van der Waals surface area (Å²) in [5.41, 5.74) is 1.75. The highest BCUT2D eigenvalue weighted by Gasteiger charge is 2.08. The molecule has 102 valence electrons. The largest absolute Gasteiger partial charge is 0.482 e. The smallest absolute Gasteiger partial charge is 0.343 e. The molecule has 0 saturated heterocycles. The van der Waals surface area contributed by atoms with Crippen LogP contribution in [0.15, 0.2) is 23.2 Å². The Labute approximate surface area is 118 Å². The molecule has 0 N–H and O–H groups in total. The molecule has 1 aromatic carbocycles. The van der Waals surface area contributed by atoms with E-state index < -0.39 is 5.97 Å². The molecule has 0 aromatic heterocycles. The van der Waals surface area contributed by atoms with E-state index in [1.54, 1.807) is 12.1 Å². The van der Waals surface area contributed by atoms with E-state index in [0.717, 1.165) is 30.5 Å². The van der Waals surface area contributed by atoms with Crippen molar-refractivity contribution in [1.82, 2.24) is 0 Å². The lowest BCUT2D eigenvalue weighted by Gasteiger charge is -2.11. The summed E-state index contributed by atoms with van der Waals surface area (Å²) in [6.45, 7) is 2.03. The second-order valence-corrected chi connectivity index (χ2v) is 4.15. The minimum Gasteiger partial charge on any atom is -0.482 e. The standard InChI is InChI=1S/C14H17NO3S/c1-3-4-5-11-8-12(15-10-19)6-7-13(11)18-9-14(16)17-2/h6-8H,3-5,9H2,1-2H3. The van der Waals surface area contributed by atoms with Gasteiger partial charge in [0.25, 0.3) is 0 Å². The summed E-state index contributed by atoms with van der Waals surface area (Å²) in [7, 11) is 1.33. The summed E-state index contributed by atoms with van der Waals surface area (Å²) in [6.07, 6.45) is 2.99. The first-order valence-electron chi connectivity index (χ1n) is 6.11. The molecule has 0 spiro atoms. The lowest BCUT2D eigenvalue weighted by atomic mass is 10.1. The minimum absolute atomic E-state index is 0.0919. The maximum Gasteiger partial charge on any atom is 0.343 e. The third-order valence-electron chi connectivity index (χ3n) is 2.59. The van der Waals surface area contributed by atoms with Crippen LogP contribution in [0.3, 0.4) is 0 Å². The van der Waals surface area contributed by atoms with Gasteiger partial charge in [-0.3, -0.25) is 0 Å². The Hall–Kier alpha value is -1.71. The van der Waals surface area contributed by atoms with Crippen molar-refractivity contribution in [3.05, 3.63) is 23.8 Å². The predicted molar refractivity (Wildman–Crippen MR) is 77.3 cm³/mol. The van der Waals surface area contributed by atoms with Crippen molar-refractivity contribution < 1.29 is 14.3 Å². The number of aryl methyl sites for hydroxylation is 1. The second-order valence-electron chi connectivity index (χ2n) is 3.96. The van der Waals surface area contributed by atoms with Crippen molar-refractivity contribution in [1.29, 1.82) is 0 Å². The molecular formula is C14H17NO3S. The van der Waals surface area contributed by atoms with E-state index >= 15 is 0 Å². The number of unbranched alkanes of at least 4 members (excludes halogenated alkanes) is 1. The molecule has 1 rings (SSSR count). The SMILES string of the molecule is CCCCc1cc(N=C=S)ccc1OCC(=O)OC. The van der Waals surface area contributed by atoms with Gasteiger partial charge in [0, 0.05) is 0 Å². The average Bonchev–Trinajstić information content (AvgIpc) is 2.43. The Kier molecular flexibility index (Phi) is 6.79. The fourth-order valence-corrected chi connectivity index (χ4v) is 1.69. The summed E-state index contributed by atoms with van der Waals surface area (Å²) in [4.78, 5) is 15.0. The number of benzene rings is 1. The molecule has 0 atom stereocenters. The van der Waals surface area contributed by atoms with Gasteiger partial charge in [0.1, 0.15) is 5.75 Å². The third-order valence-corrected chi connectivity index (χ3v) is 2.68. The molecule has 0 saturated carbocycles. The van der Waals surface area contributed by atoms with Crippen molar-refractivity contribution in [3.63, 3.8) is 0 Å². The zero-order valence-electron chi connectivity index (χ0n) is 11.1. The van der Waals surface area contributed by atoms with Gasteiger partial charge < -0.3 is 9.47 Å². The highest BCUT2D eigenvalue weighted by molar-refractivity contribution is 7.78. The van der Waals surface area contributed by atoms with E-state index in [0.29, 0.717) is 5.75 Å². The van der Waals surface area contributed by atoms with Crippen LogP contribution in [0.25, 0.3) is 0 Å². The monoisotopic (exact) mass is 279 g/mol. The maximum absolute atomic E-state index is 11.1. The normalized spacial score (nSPS) is 9.58. The summed E-state index contributed by atoms with van der Waals surface area (Å²) in [5, 5.41) is 2.34. The molecule has 0 aliphatic rings. The number of ether oxygens (including phenoxy) is 2. The van der Waals surface area contributed by atoms with E-state index in [9.17, 15) is 4.79 Å². The van der Waals surface area contributed by atoms with Crippen molar-refractivity contribution in [2.45, 2.75) is 26.2 Å². The number of hydrogen-bond donors (Lipinski definition) is 0. The minimum atomic E-state index is -0.401. The van der Waals surface area contributed by atoms with Gasteiger partial charge in [0.15, 0.2) is 6.61 Å². The number of isothiocyanates is 1. The van der Waals surface area contributed by atoms with E-state index in [2.05, 4.69) is 34.0 Å². The molecule has 0 aliphatic carbocycles. The van der Waals surface area contributed by atoms with E-state index in [-0.39, 0.29) is 6.61 Å². The maximum atomic E-state index is 11.1. The first-order chi connectivity index (χ1) is 9.21.